The Hall–Kier alpha value is -0.100. The predicted molar refractivity (Wildman–Crippen MR) is 76.5 cm³/mol. The lowest BCUT2D eigenvalue weighted by Crippen LogP contribution is -2.38. The van der Waals surface area contributed by atoms with E-state index in [1.165, 1.54) is 12.5 Å². The standard InChI is InChI=1S/C12H18BrFN2S/c1-2-5-17-8-10(16-15)6-9-3-4-12(14)11(13)7-9/h3-4,7,10,16H,2,5-6,8,15H2,1H3. The molecule has 1 unspecified atom stereocenters. The number of nitrogens with one attached hydrogen (secondary N) is 1. The Labute approximate surface area is 115 Å². The van der Waals surface area contributed by atoms with Crippen molar-refractivity contribution in [1.82, 2.24) is 5.43 Å². The second kappa shape index (κ2) is 8.08. The summed E-state index contributed by atoms with van der Waals surface area (Å²) in [5.41, 5.74) is 3.90. The molecule has 1 aromatic rings. The maximum absolute atomic E-state index is 13.1. The first-order chi connectivity index (χ1) is 8.17. The lowest BCUT2D eigenvalue weighted by atomic mass is 10.1. The highest BCUT2D eigenvalue weighted by Gasteiger charge is 2.09. The first-order valence-corrected chi connectivity index (χ1v) is 7.60. The van der Waals surface area contributed by atoms with Gasteiger partial charge in [0.25, 0.3) is 0 Å². The fourth-order valence-corrected chi connectivity index (χ4v) is 2.87. The lowest BCUT2D eigenvalue weighted by Gasteiger charge is -2.15. The SMILES string of the molecule is CCCSCC(Cc1ccc(F)c(Br)c1)NN. The van der Waals surface area contributed by atoms with E-state index in [2.05, 4.69) is 28.3 Å². The van der Waals surface area contributed by atoms with Crippen molar-refractivity contribution in [3.05, 3.63) is 34.1 Å². The van der Waals surface area contributed by atoms with Crippen molar-refractivity contribution >= 4 is 27.7 Å². The van der Waals surface area contributed by atoms with E-state index in [1.807, 2.05) is 17.8 Å². The van der Waals surface area contributed by atoms with Gasteiger partial charge >= 0.3 is 0 Å². The Morgan fingerprint density at radius 2 is 2.29 bits per heavy atom. The molecule has 0 saturated heterocycles. The first kappa shape index (κ1) is 15.0. The first-order valence-electron chi connectivity index (χ1n) is 5.65. The summed E-state index contributed by atoms with van der Waals surface area (Å²) in [4.78, 5) is 0. The smallest absolute Gasteiger partial charge is 0.137 e. The molecule has 0 spiro atoms. The fraction of sp³-hybridized carbons (Fsp3) is 0.500. The molecule has 0 amide bonds. The number of halogens is 2. The Bertz CT molecular complexity index is 349. The Morgan fingerprint density at radius 1 is 1.53 bits per heavy atom. The number of nitrogens with two attached hydrogens (primary N) is 1. The zero-order valence-electron chi connectivity index (χ0n) is 9.88. The van der Waals surface area contributed by atoms with E-state index in [9.17, 15) is 4.39 Å². The largest absolute Gasteiger partial charge is 0.271 e. The molecule has 0 saturated carbocycles. The maximum atomic E-state index is 13.1. The van der Waals surface area contributed by atoms with Crippen LogP contribution in [0.25, 0.3) is 0 Å². The molecule has 17 heavy (non-hydrogen) atoms. The molecule has 0 aliphatic carbocycles. The lowest BCUT2D eigenvalue weighted by molar-refractivity contribution is 0.573. The van der Waals surface area contributed by atoms with Crippen LogP contribution in [0.5, 0.6) is 0 Å². The van der Waals surface area contributed by atoms with Crippen LogP contribution in [-0.2, 0) is 6.42 Å². The molecule has 1 atom stereocenters. The van der Waals surface area contributed by atoms with Crippen LogP contribution in [-0.4, -0.2) is 17.5 Å². The monoisotopic (exact) mass is 320 g/mol. The van der Waals surface area contributed by atoms with E-state index in [-0.39, 0.29) is 11.9 Å². The quantitative estimate of drug-likeness (QED) is 0.460. The average Bonchev–Trinajstić information content (AvgIpc) is 2.32. The highest BCUT2D eigenvalue weighted by Crippen LogP contribution is 2.18. The Balaban J connectivity index is 2.51. The van der Waals surface area contributed by atoms with Gasteiger partial charge in [-0.15, -0.1) is 0 Å². The molecular formula is C12H18BrFN2S. The molecule has 0 heterocycles. The van der Waals surface area contributed by atoms with Crippen LogP contribution in [0, 0.1) is 5.82 Å². The topological polar surface area (TPSA) is 38.0 Å². The fourth-order valence-electron chi connectivity index (χ4n) is 1.49. The highest BCUT2D eigenvalue weighted by molar-refractivity contribution is 9.10. The summed E-state index contributed by atoms with van der Waals surface area (Å²) in [6.45, 7) is 2.16. The van der Waals surface area contributed by atoms with Crippen LogP contribution in [0.3, 0.4) is 0 Å². The van der Waals surface area contributed by atoms with E-state index in [4.69, 9.17) is 5.84 Å². The van der Waals surface area contributed by atoms with Crippen molar-refractivity contribution in [2.75, 3.05) is 11.5 Å². The van der Waals surface area contributed by atoms with Gasteiger partial charge in [-0.3, -0.25) is 11.3 Å². The van der Waals surface area contributed by atoms with Gasteiger partial charge in [0, 0.05) is 11.8 Å². The molecular weight excluding hydrogens is 303 g/mol. The summed E-state index contributed by atoms with van der Waals surface area (Å²) < 4.78 is 13.6. The molecule has 2 nitrogen and oxygen atoms in total. The van der Waals surface area contributed by atoms with Crippen LogP contribution in [0.1, 0.15) is 18.9 Å². The highest BCUT2D eigenvalue weighted by atomic mass is 79.9. The van der Waals surface area contributed by atoms with E-state index in [0.717, 1.165) is 23.5 Å². The molecule has 0 aromatic heterocycles. The summed E-state index contributed by atoms with van der Waals surface area (Å²) in [6.07, 6.45) is 1.98. The van der Waals surface area contributed by atoms with Gasteiger partial charge in [0.05, 0.1) is 4.47 Å². The van der Waals surface area contributed by atoms with Crippen molar-refractivity contribution < 1.29 is 4.39 Å². The van der Waals surface area contributed by atoms with Crippen molar-refractivity contribution in [1.29, 1.82) is 0 Å². The minimum Gasteiger partial charge on any atom is -0.271 e. The molecule has 5 heteroatoms. The third kappa shape index (κ3) is 5.38. The van der Waals surface area contributed by atoms with Gasteiger partial charge in [-0.2, -0.15) is 11.8 Å². The molecule has 0 radical (unpaired) electrons. The summed E-state index contributed by atoms with van der Waals surface area (Å²) in [5.74, 6) is 7.41. The van der Waals surface area contributed by atoms with Crippen LogP contribution in [0.2, 0.25) is 0 Å². The molecule has 0 aliphatic heterocycles. The molecule has 1 aromatic carbocycles. The zero-order chi connectivity index (χ0) is 12.7. The van der Waals surface area contributed by atoms with Gasteiger partial charge in [-0.1, -0.05) is 13.0 Å². The molecule has 96 valence electrons. The van der Waals surface area contributed by atoms with Crippen molar-refractivity contribution in [2.45, 2.75) is 25.8 Å². The summed E-state index contributed by atoms with van der Waals surface area (Å²) in [5, 5.41) is 0. The number of hydrogen-bond acceptors (Lipinski definition) is 3. The van der Waals surface area contributed by atoms with Crippen molar-refractivity contribution in [3.63, 3.8) is 0 Å². The number of benzene rings is 1. The number of rotatable bonds is 7. The summed E-state index contributed by atoms with van der Waals surface area (Å²) in [6, 6.07) is 5.31. The van der Waals surface area contributed by atoms with Crippen LogP contribution in [0.4, 0.5) is 4.39 Å². The Morgan fingerprint density at radius 3 is 2.88 bits per heavy atom. The predicted octanol–water partition coefficient (Wildman–Crippen LogP) is 3.11. The Kier molecular flexibility index (Phi) is 7.11. The normalized spacial score (nSPS) is 12.7. The molecule has 3 N–H and O–H groups in total. The number of hydrogen-bond donors (Lipinski definition) is 2. The minimum atomic E-state index is -0.230. The van der Waals surface area contributed by atoms with Gasteiger partial charge in [0.1, 0.15) is 5.82 Å². The average molecular weight is 321 g/mol. The van der Waals surface area contributed by atoms with Gasteiger partial charge in [-0.05, 0) is 52.2 Å². The van der Waals surface area contributed by atoms with E-state index < -0.39 is 0 Å². The third-order valence-electron chi connectivity index (χ3n) is 2.37. The molecule has 0 fully saturated rings. The summed E-state index contributed by atoms with van der Waals surface area (Å²) >= 11 is 5.07. The molecule has 1 rings (SSSR count). The van der Waals surface area contributed by atoms with Gasteiger partial charge in [0.15, 0.2) is 0 Å². The maximum Gasteiger partial charge on any atom is 0.137 e. The van der Waals surface area contributed by atoms with E-state index in [1.54, 1.807) is 6.07 Å². The van der Waals surface area contributed by atoms with Crippen molar-refractivity contribution in [3.8, 4) is 0 Å². The summed E-state index contributed by atoms with van der Waals surface area (Å²) in [7, 11) is 0. The van der Waals surface area contributed by atoms with Crippen LogP contribution in [0.15, 0.2) is 22.7 Å². The van der Waals surface area contributed by atoms with Crippen molar-refractivity contribution in [2.24, 2.45) is 5.84 Å². The minimum absolute atomic E-state index is 0.226. The van der Waals surface area contributed by atoms with Gasteiger partial charge in [0.2, 0.25) is 0 Å². The number of hydrazine groups is 1. The zero-order valence-corrected chi connectivity index (χ0v) is 12.3. The number of thioether (sulfide) groups is 1. The van der Waals surface area contributed by atoms with Gasteiger partial charge < -0.3 is 0 Å². The second-order valence-electron chi connectivity index (χ2n) is 3.89. The van der Waals surface area contributed by atoms with E-state index in [0.29, 0.717) is 4.47 Å². The van der Waals surface area contributed by atoms with Crippen LogP contribution < -0.4 is 11.3 Å². The molecule has 0 bridgehead atoms. The van der Waals surface area contributed by atoms with Crippen LogP contribution >= 0.6 is 27.7 Å². The van der Waals surface area contributed by atoms with E-state index >= 15 is 0 Å². The molecule has 0 aliphatic rings. The van der Waals surface area contributed by atoms with Gasteiger partial charge in [-0.25, -0.2) is 4.39 Å². The third-order valence-corrected chi connectivity index (χ3v) is 4.31. The second-order valence-corrected chi connectivity index (χ2v) is 5.90.